The molecule has 1 saturated heterocycles. The number of rotatable bonds is 7. The van der Waals surface area contributed by atoms with Crippen LogP contribution in [0.4, 0.5) is 0 Å². The number of methoxy groups -OCH3 is 1. The number of likely N-dealkylation sites (tertiary alicyclic amines) is 1. The summed E-state index contributed by atoms with van der Waals surface area (Å²) in [6, 6.07) is 15.4. The molecule has 0 radical (unpaired) electrons. The van der Waals surface area contributed by atoms with Gasteiger partial charge in [-0.2, -0.15) is 4.80 Å². The minimum Gasteiger partial charge on any atom is -0.493 e. The fraction of sp³-hybridized carbons (Fsp3) is 0.391. The van der Waals surface area contributed by atoms with Gasteiger partial charge in [-0.3, -0.25) is 4.79 Å². The molecule has 0 unspecified atom stereocenters. The molecule has 3 aromatic rings. The van der Waals surface area contributed by atoms with Crippen LogP contribution in [0.5, 0.6) is 11.5 Å². The van der Waals surface area contributed by atoms with Gasteiger partial charge in [0.25, 0.3) is 0 Å². The van der Waals surface area contributed by atoms with Gasteiger partial charge in [0, 0.05) is 18.7 Å². The topological polar surface area (TPSA) is 82.4 Å². The number of hydrogen-bond acceptors (Lipinski definition) is 6. The predicted molar refractivity (Wildman–Crippen MR) is 116 cm³/mol. The van der Waals surface area contributed by atoms with Gasteiger partial charge >= 0.3 is 0 Å². The molecule has 31 heavy (non-hydrogen) atoms. The molecule has 0 N–H and O–H groups in total. The van der Waals surface area contributed by atoms with E-state index in [4.69, 9.17) is 9.47 Å². The summed E-state index contributed by atoms with van der Waals surface area (Å²) in [7, 11) is 1.59. The second-order valence-corrected chi connectivity index (χ2v) is 7.87. The van der Waals surface area contributed by atoms with Gasteiger partial charge in [0.05, 0.1) is 7.11 Å². The molecule has 8 nitrogen and oxygen atoms in total. The van der Waals surface area contributed by atoms with E-state index in [1.165, 1.54) is 11.2 Å². The van der Waals surface area contributed by atoms with Crippen LogP contribution in [0.3, 0.4) is 0 Å². The summed E-state index contributed by atoms with van der Waals surface area (Å²) in [5.41, 5.74) is 1.82. The van der Waals surface area contributed by atoms with Gasteiger partial charge in [-0.1, -0.05) is 37.3 Å². The molecule has 0 aliphatic carbocycles. The monoisotopic (exact) mass is 421 g/mol. The van der Waals surface area contributed by atoms with Crippen molar-refractivity contribution in [1.29, 1.82) is 0 Å². The first-order chi connectivity index (χ1) is 15.1. The summed E-state index contributed by atoms with van der Waals surface area (Å²) in [5.74, 6) is 2.22. The maximum absolute atomic E-state index is 12.6. The molecule has 1 fully saturated rings. The number of carbonyl (C=O) groups is 1. The van der Waals surface area contributed by atoms with Crippen LogP contribution in [0.15, 0.2) is 48.5 Å². The fourth-order valence-electron chi connectivity index (χ4n) is 3.72. The number of amides is 1. The summed E-state index contributed by atoms with van der Waals surface area (Å²) in [6.45, 7) is 4.30. The number of aromatic nitrogens is 4. The van der Waals surface area contributed by atoms with Gasteiger partial charge in [0.15, 0.2) is 11.5 Å². The van der Waals surface area contributed by atoms with E-state index < -0.39 is 0 Å². The third-order valence-corrected chi connectivity index (χ3v) is 5.40. The van der Waals surface area contributed by atoms with Gasteiger partial charge in [-0.05, 0) is 47.7 Å². The lowest BCUT2D eigenvalue weighted by molar-refractivity contribution is -0.134. The summed E-state index contributed by atoms with van der Waals surface area (Å²) in [6.07, 6.45) is 2.21. The molecular weight excluding hydrogens is 394 g/mol. The highest BCUT2D eigenvalue weighted by Crippen LogP contribution is 2.31. The molecule has 8 heteroatoms. The average Bonchev–Trinajstić information content (AvgIpc) is 3.26. The second kappa shape index (κ2) is 9.59. The van der Waals surface area contributed by atoms with Crippen molar-refractivity contribution in [2.75, 3.05) is 20.2 Å². The number of benzene rings is 2. The Hall–Kier alpha value is -3.42. The number of ether oxygens (including phenoxy) is 2. The Morgan fingerprint density at radius 2 is 2.00 bits per heavy atom. The summed E-state index contributed by atoms with van der Waals surface area (Å²) in [4.78, 5) is 15.8. The van der Waals surface area contributed by atoms with Crippen molar-refractivity contribution < 1.29 is 14.3 Å². The van der Waals surface area contributed by atoms with E-state index in [-0.39, 0.29) is 12.5 Å². The van der Waals surface area contributed by atoms with Crippen molar-refractivity contribution in [3.05, 3.63) is 54.1 Å². The Bertz CT molecular complexity index is 1020. The van der Waals surface area contributed by atoms with Crippen molar-refractivity contribution in [3.8, 4) is 22.9 Å². The number of carbonyl (C=O) groups excluding carboxylic acids is 1. The van der Waals surface area contributed by atoms with E-state index in [2.05, 4.69) is 22.3 Å². The van der Waals surface area contributed by atoms with E-state index in [0.717, 1.165) is 30.6 Å². The van der Waals surface area contributed by atoms with Gasteiger partial charge in [-0.25, -0.2) is 0 Å². The molecule has 2 heterocycles. The second-order valence-electron chi connectivity index (χ2n) is 7.87. The number of hydrogen-bond donors (Lipinski definition) is 0. The molecule has 1 aliphatic heterocycles. The Morgan fingerprint density at radius 3 is 2.77 bits per heavy atom. The first-order valence-electron chi connectivity index (χ1n) is 10.5. The lowest BCUT2D eigenvalue weighted by Gasteiger charge is -2.30. The van der Waals surface area contributed by atoms with Gasteiger partial charge in [-0.15, -0.1) is 10.2 Å². The van der Waals surface area contributed by atoms with Crippen molar-refractivity contribution in [1.82, 2.24) is 25.1 Å². The zero-order chi connectivity index (χ0) is 21.6. The standard InChI is InChI=1S/C23H27N5O3/c1-17-7-6-12-27(14-17)22(29)15-28-25-23(24-26-28)19-10-11-20(21(13-19)30-2)31-16-18-8-4-3-5-9-18/h3-5,8-11,13,17H,6-7,12,14-16H2,1-2H3/t17-/m0/s1. The normalized spacial score (nSPS) is 16.2. The third-order valence-electron chi connectivity index (χ3n) is 5.40. The highest BCUT2D eigenvalue weighted by Gasteiger charge is 2.22. The highest BCUT2D eigenvalue weighted by atomic mass is 16.5. The van der Waals surface area contributed by atoms with Crippen LogP contribution in [0, 0.1) is 5.92 Å². The maximum atomic E-state index is 12.6. The minimum absolute atomic E-state index is 0.0257. The molecule has 0 saturated carbocycles. The molecule has 1 aliphatic rings. The van der Waals surface area contributed by atoms with Gasteiger partial charge < -0.3 is 14.4 Å². The van der Waals surface area contributed by atoms with Gasteiger partial charge in [0.1, 0.15) is 13.2 Å². The smallest absolute Gasteiger partial charge is 0.246 e. The number of tetrazole rings is 1. The molecule has 0 bridgehead atoms. The number of piperidine rings is 1. The van der Waals surface area contributed by atoms with Crippen molar-refractivity contribution in [3.63, 3.8) is 0 Å². The van der Waals surface area contributed by atoms with Crippen LogP contribution in [-0.2, 0) is 17.9 Å². The quantitative estimate of drug-likeness (QED) is 0.583. The largest absolute Gasteiger partial charge is 0.493 e. The maximum Gasteiger partial charge on any atom is 0.246 e. The predicted octanol–water partition coefficient (Wildman–Crippen LogP) is 3.19. The molecule has 1 aromatic heterocycles. The molecule has 1 amide bonds. The van der Waals surface area contributed by atoms with Crippen molar-refractivity contribution in [2.45, 2.75) is 32.9 Å². The Labute approximate surface area is 181 Å². The summed E-state index contributed by atoms with van der Waals surface area (Å²) >= 11 is 0. The minimum atomic E-state index is 0.0257. The van der Waals surface area contributed by atoms with Crippen LogP contribution >= 0.6 is 0 Å². The van der Waals surface area contributed by atoms with E-state index in [1.54, 1.807) is 7.11 Å². The van der Waals surface area contributed by atoms with Crippen LogP contribution in [0.2, 0.25) is 0 Å². The molecule has 162 valence electrons. The van der Waals surface area contributed by atoms with Crippen LogP contribution < -0.4 is 9.47 Å². The summed E-state index contributed by atoms with van der Waals surface area (Å²) in [5, 5.41) is 12.6. The molecular formula is C23H27N5O3. The molecule has 0 spiro atoms. The Morgan fingerprint density at radius 1 is 1.16 bits per heavy atom. The zero-order valence-corrected chi connectivity index (χ0v) is 17.9. The third kappa shape index (κ3) is 5.20. The average molecular weight is 422 g/mol. The van der Waals surface area contributed by atoms with Crippen LogP contribution in [-0.4, -0.2) is 51.2 Å². The number of nitrogens with zero attached hydrogens (tertiary/aromatic N) is 5. The fourth-order valence-corrected chi connectivity index (χ4v) is 3.72. The van der Waals surface area contributed by atoms with Crippen LogP contribution in [0.1, 0.15) is 25.3 Å². The first kappa shape index (κ1) is 20.8. The first-order valence-corrected chi connectivity index (χ1v) is 10.5. The lowest BCUT2D eigenvalue weighted by atomic mass is 10.0. The lowest BCUT2D eigenvalue weighted by Crippen LogP contribution is -2.41. The van der Waals surface area contributed by atoms with Gasteiger partial charge in [0.2, 0.25) is 11.7 Å². The molecule has 1 atom stereocenters. The molecule has 4 rings (SSSR count). The van der Waals surface area contributed by atoms with E-state index in [1.807, 2.05) is 53.4 Å². The van der Waals surface area contributed by atoms with E-state index >= 15 is 0 Å². The van der Waals surface area contributed by atoms with Crippen molar-refractivity contribution in [2.24, 2.45) is 5.92 Å². The van der Waals surface area contributed by atoms with Crippen LogP contribution in [0.25, 0.3) is 11.4 Å². The Balaban J connectivity index is 1.42. The SMILES string of the molecule is COc1cc(-c2nnn(CC(=O)N3CCC[C@H](C)C3)n2)ccc1OCc1ccccc1. The zero-order valence-electron chi connectivity index (χ0n) is 17.9. The highest BCUT2D eigenvalue weighted by molar-refractivity contribution is 5.76. The molecule has 2 aromatic carbocycles. The Kier molecular flexibility index (Phi) is 6.45. The van der Waals surface area contributed by atoms with E-state index in [9.17, 15) is 4.79 Å². The van der Waals surface area contributed by atoms with E-state index in [0.29, 0.717) is 29.8 Å². The summed E-state index contributed by atoms with van der Waals surface area (Å²) < 4.78 is 11.4. The van der Waals surface area contributed by atoms with Crippen molar-refractivity contribution >= 4 is 5.91 Å².